The molecule has 0 aliphatic rings. The van der Waals surface area contributed by atoms with Crippen LogP contribution in [-0.2, 0) is 7.05 Å². The molecule has 0 N–H and O–H groups in total. The first kappa shape index (κ1) is 16.7. The quantitative estimate of drug-likeness (QED) is 0.503. The first-order valence-electron chi connectivity index (χ1n) is 7.68. The second kappa shape index (κ2) is 5.88. The first-order valence-corrected chi connectivity index (χ1v) is 8.06. The predicted octanol–water partition coefficient (Wildman–Crippen LogP) is 4.81. The van der Waals surface area contributed by atoms with Crippen molar-refractivity contribution in [2.75, 3.05) is 0 Å². The van der Waals surface area contributed by atoms with Gasteiger partial charge in [0.15, 0.2) is 5.82 Å². The van der Waals surface area contributed by atoms with E-state index in [1.165, 1.54) is 23.0 Å². The van der Waals surface area contributed by atoms with E-state index in [4.69, 9.17) is 11.6 Å². The van der Waals surface area contributed by atoms with Gasteiger partial charge in [0.25, 0.3) is 0 Å². The van der Waals surface area contributed by atoms with Crippen LogP contribution in [0.1, 0.15) is 5.69 Å². The molecule has 0 amide bonds. The fourth-order valence-electron chi connectivity index (χ4n) is 3.16. The average Bonchev–Trinajstić information content (AvgIpc) is 3.08. The number of rotatable bonds is 2. The summed E-state index contributed by atoms with van der Waals surface area (Å²) in [6.07, 6.45) is 1.39. The molecule has 0 radical (unpaired) electrons. The Labute approximate surface area is 151 Å². The molecule has 2 aromatic heterocycles. The van der Waals surface area contributed by atoms with E-state index in [9.17, 15) is 13.2 Å². The molecule has 132 valence electrons. The Kier molecular flexibility index (Phi) is 3.77. The van der Waals surface area contributed by atoms with Crippen LogP contribution in [0.3, 0.4) is 0 Å². The van der Waals surface area contributed by atoms with Gasteiger partial charge in [-0.25, -0.2) is 18.2 Å². The molecule has 26 heavy (non-hydrogen) atoms. The summed E-state index contributed by atoms with van der Waals surface area (Å²) >= 11 is 6.22. The molecule has 4 rings (SSSR count). The molecular weight excluding hydrogens is 365 g/mol. The van der Waals surface area contributed by atoms with E-state index in [1.807, 2.05) is 0 Å². The van der Waals surface area contributed by atoms with Crippen molar-refractivity contribution in [1.82, 2.24) is 19.3 Å². The molecule has 0 aliphatic carbocycles. The van der Waals surface area contributed by atoms with Crippen LogP contribution in [-0.4, -0.2) is 19.3 Å². The highest BCUT2D eigenvalue weighted by atomic mass is 35.5. The number of aromatic nitrogens is 4. The smallest absolute Gasteiger partial charge is 0.152 e. The minimum Gasteiger partial charge on any atom is -0.280 e. The van der Waals surface area contributed by atoms with Crippen LogP contribution >= 0.6 is 11.6 Å². The zero-order chi connectivity index (χ0) is 18.6. The fourth-order valence-corrected chi connectivity index (χ4v) is 3.42. The Morgan fingerprint density at radius 3 is 2.54 bits per heavy atom. The SMILES string of the molecule is Cc1nn(C)c(-n2cnc3cc(F)cc(F)c32)c1-c1ccc(F)cc1Cl. The van der Waals surface area contributed by atoms with Gasteiger partial charge in [-0.15, -0.1) is 0 Å². The molecule has 2 heterocycles. The molecule has 0 saturated heterocycles. The Bertz CT molecular complexity index is 1160. The van der Waals surface area contributed by atoms with Crippen molar-refractivity contribution in [3.05, 3.63) is 64.8 Å². The number of imidazole rings is 1. The highest BCUT2D eigenvalue weighted by Gasteiger charge is 2.22. The van der Waals surface area contributed by atoms with Crippen molar-refractivity contribution >= 4 is 22.6 Å². The van der Waals surface area contributed by atoms with Crippen LogP contribution in [0, 0.1) is 24.4 Å². The van der Waals surface area contributed by atoms with Crippen LogP contribution in [0.4, 0.5) is 13.2 Å². The largest absolute Gasteiger partial charge is 0.280 e. The van der Waals surface area contributed by atoms with Crippen LogP contribution < -0.4 is 0 Å². The summed E-state index contributed by atoms with van der Waals surface area (Å²) < 4.78 is 44.4. The molecule has 0 fully saturated rings. The van der Waals surface area contributed by atoms with Crippen molar-refractivity contribution in [2.24, 2.45) is 7.05 Å². The monoisotopic (exact) mass is 376 g/mol. The van der Waals surface area contributed by atoms with Gasteiger partial charge in [-0.2, -0.15) is 5.10 Å². The van der Waals surface area contributed by atoms with Crippen molar-refractivity contribution in [2.45, 2.75) is 6.92 Å². The molecule has 0 bridgehead atoms. The molecule has 0 saturated carbocycles. The van der Waals surface area contributed by atoms with Crippen molar-refractivity contribution in [3.8, 4) is 16.9 Å². The Morgan fingerprint density at radius 1 is 1.04 bits per heavy atom. The molecule has 2 aromatic carbocycles. The van der Waals surface area contributed by atoms with Gasteiger partial charge in [0, 0.05) is 30.3 Å². The van der Waals surface area contributed by atoms with E-state index in [1.54, 1.807) is 24.7 Å². The maximum Gasteiger partial charge on any atom is 0.152 e. The second-order valence-electron chi connectivity index (χ2n) is 5.90. The molecule has 4 nitrogen and oxygen atoms in total. The minimum atomic E-state index is -0.743. The lowest BCUT2D eigenvalue weighted by Gasteiger charge is -2.11. The lowest BCUT2D eigenvalue weighted by atomic mass is 10.1. The highest BCUT2D eigenvalue weighted by Crippen LogP contribution is 2.36. The average molecular weight is 377 g/mol. The maximum absolute atomic E-state index is 14.4. The summed E-state index contributed by atoms with van der Waals surface area (Å²) in [5.74, 6) is -1.42. The minimum absolute atomic E-state index is 0.119. The molecular formula is C18H12ClF3N4. The predicted molar refractivity (Wildman–Crippen MR) is 92.9 cm³/mol. The van der Waals surface area contributed by atoms with Gasteiger partial charge >= 0.3 is 0 Å². The number of fused-ring (bicyclic) bond motifs is 1. The van der Waals surface area contributed by atoms with E-state index >= 15 is 0 Å². The summed E-state index contributed by atoms with van der Waals surface area (Å²) in [4.78, 5) is 4.09. The zero-order valence-corrected chi connectivity index (χ0v) is 14.5. The topological polar surface area (TPSA) is 35.6 Å². The van der Waals surface area contributed by atoms with E-state index < -0.39 is 17.5 Å². The summed E-state index contributed by atoms with van der Waals surface area (Å²) in [5.41, 5.74) is 2.09. The summed E-state index contributed by atoms with van der Waals surface area (Å²) in [6.45, 7) is 1.77. The van der Waals surface area contributed by atoms with Gasteiger partial charge in [0.2, 0.25) is 0 Å². The number of nitrogens with zero attached hydrogens (tertiary/aromatic N) is 4. The van der Waals surface area contributed by atoms with Gasteiger partial charge in [-0.1, -0.05) is 11.6 Å². The standard InChI is InChI=1S/C18H12ClF3N4/c1-9-16(12-4-3-10(20)5-13(12)19)18(25(2)24-9)26-8-23-15-7-11(21)6-14(22)17(15)26/h3-8H,1-2H3. The number of aryl methyl sites for hydroxylation is 2. The normalized spacial score (nSPS) is 11.5. The highest BCUT2D eigenvalue weighted by molar-refractivity contribution is 6.33. The van der Waals surface area contributed by atoms with Gasteiger partial charge in [-0.3, -0.25) is 9.25 Å². The Morgan fingerprint density at radius 2 is 1.81 bits per heavy atom. The molecule has 0 unspecified atom stereocenters. The molecule has 0 aliphatic heterocycles. The van der Waals surface area contributed by atoms with Gasteiger partial charge in [-0.05, 0) is 25.1 Å². The lowest BCUT2D eigenvalue weighted by molar-refractivity contribution is 0.588. The number of halogens is 4. The van der Waals surface area contributed by atoms with Gasteiger partial charge < -0.3 is 0 Å². The maximum atomic E-state index is 14.4. The fraction of sp³-hybridized carbons (Fsp3) is 0.111. The van der Waals surface area contributed by atoms with E-state index in [2.05, 4.69) is 10.1 Å². The third-order valence-corrected chi connectivity index (χ3v) is 4.49. The number of hydrogen-bond acceptors (Lipinski definition) is 2. The van der Waals surface area contributed by atoms with E-state index in [0.717, 1.165) is 12.1 Å². The van der Waals surface area contributed by atoms with Gasteiger partial charge in [0.1, 0.15) is 29.3 Å². The van der Waals surface area contributed by atoms with Gasteiger partial charge in [0.05, 0.1) is 16.2 Å². The Balaban J connectivity index is 2.05. The molecule has 0 spiro atoms. The van der Waals surface area contributed by atoms with Crippen molar-refractivity contribution < 1.29 is 13.2 Å². The lowest BCUT2D eigenvalue weighted by Crippen LogP contribution is -2.04. The summed E-state index contributed by atoms with van der Waals surface area (Å²) in [7, 11) is 1.69. The van der Waals surface area contributed by atoms with Crippen LogP contribution in [0.25, 0.3) is 28.0 Å². The van der Waals surface area contributed by atoms with Crippen molar-refractivity contribution in [1.29, 1.82) is 0 Å². The van der Waals surface area contributed by atoms with Crippen LogP contribution in [0.15, 0.2) is 36.7 Å². The zero-order valence-electron chi connectivity index (χ0n) is 13.8. The molecule has 8 heteroatoms. The summed E-state index contributed by atoms with van der Waals surface area (Å²) in [5, 5.41) is 4.59. The van der Waals surface area contributed by atoms with Crippen LogP contribution in [0.2, 0.25) is 5.02 Å². The van der Waals surface area contributed by atoms with Crippen molar-refractivity contribution in [3.63, 3.8) is 0 Å². The molecule has 4 aromatic rings. The first-order chi connectivity index (χ1) is 12.4. The van der Waals surface area contributed by atoms with E-state index in [-0.39, 0.29) is 16.1 Å². The number of hydrogen-bond donors (Lipinski definition) is 0. The third kappa shape index (κ3) is 2.47. The Hall–Kier alpha value is -2.80. The number of benzene rings is 2. The second-order valence-corrected chi connectivity index (χ2v) is 6.31. The summed E-state index contributed by atoms with van der Waals surface area (Å²) in [6, 6.07) is 5.99. The van der Waals surface area contributed by atoms with E-state index in [0.29, 0.717) is 22.6 Å². The third-order valence-electron chi connectivity index (χ3n) is 4.18. The van der Waals surface area contributed by atoms with Crippen LogP contribution in [0.5, 0.6) is 0 Å². The molecule has 0 atom stereocenters.